The third kappa shape index (κ3) is 6.78. The van der Waals surface area contributed by atoms with Crippen molar-refractivity contribution in [2.75, 3.05) is 31.6 Å². The van der Waals surface area contributed by atoms with E-state index in [9.17, 15) is 9.90 Å². The van der Waals surface area contributed by atoms with Crippen molar-refractivity contribution in [1.82, 2.24) is 14.9 Å². The lowest BCUT2D eigenvalue weighted by Gasteiger charge is -2.31. The molecule has 0 saturated carbocycles. The molecule has 0 aliphatic carbocycles. The second kappa shape index (κ2) is 12.5. The average Bonchev–Trinajstić information content (AvgIpc) is 3.46. The molecule has 2 aliphatic heterocycles. The van der Waals surface area contributed by atoms with E-state index in [0.717, 1.165) is 62.6 Å². The first kappa shape index (κ1) is 26.3. The molecule has 1 fully saturated rings. The molecule has 2 aliphatic rings. The lowest BCUT2D eigenvalue weighted by atomic mass is 9.94. The number of pyridine rings is 1. The van der Waals surface area contributed by atoms with E-state index >= 15 is 0 Å². The number of Topliss-reactive ketones (excluding diaryl/α,β-unsaturated/α-hetero) is 1. The molecule has 9 nitrogen and oxygen atoms in total. The van der Waals surface area contributed by atoms with Gasteiger partial charge in [-0.05, 0) is 67.5 Å². The first-order chi connectivity index (χ1) is 18.5. The predicted octanol–water partition coefficient (Wildman–Crippen LogP) is 3.93. The molecule has 1 saturated heterocycles. The van der Waals surface area contributed by atoms with Gasteiger partial charge in [-0.3, -0.25) is 14.7 Å². The van der Waals surface area contributed by atoms with Crippen molar-refractivity contribution in [3.8, 4) is 5.75 Å². The molecule has 9 heteroatoms. The number of aliphatic hydroxyl groups excluding tert-OH is 1. The fraction of sp³-hybridized carbons (Fsp3) is 0.483. The minimum Gasteiger partial charge on any atom is -0.485 e. The van der Waals surface area contributed by atoms with Crippen LogP contribution in [0.3, 0.4) is 0 Å². The summed E-state index contributed by atoms with van der Waals surface area (Å²) in [6.45, 7) is 6.12. The number of fused-ring (bicyclic) bond motifs is 1. The molecule has 0 unspecified atom stereocenters. The molecule has 5 rings (SSSR count). The number of aliphatic hydroxyl groups is 1. The Kier molecular flexibility index (Phi) is 8.68. The van der Waals surface area contributed by atoms with Gasteiger partial charge in [-0.2, -0.15) is 0 Å². The van der Waals surface area contributed by atoms with Crippen molar-refractivity contribution in [3.63, 3.8) is 0 Å². The van der Waals surface area contributed by atoms with Gasteiger partial charge in [-0.25, -0.2) is 4.98 Å². The van der Waals surface area contributed by atoms with E-state index in [1.165, 1.54) is 17.5 Å². The van der Waals surface area contributed by atoms with Gasteiger partial charge in [0, 0.05) is 57.2 Å². The SMILES string of the molecule is Cc1c(OCc2cnco2)ccc2c1CCN(C[C@@H](O)CCC(=O)c1cc(NC3CCOCC3)ccn1)C2. The molecule has 202 valence electrons. The van der Waals surface area contributed by atoms with Crippen LogP contribution >= 0.6 is 0 Å². The van der Waals surface area contributed by atoms with Gasteiger partial charge >= 0.3 is 0 Å². The van der Waals surface area contributed by atoms with Gasteiger partial charge in [0.2, 0.25) is 0 Å². The number of ether oxygens (including phenoxy) is 2. The average molecular weight is 521 g/mol. The highest BCUT2D eigenvalue weighted by Gasteiger charge is 2.22. The molecule has 0 spiro atoms. The number of anilines is 1. The molecular weight excluding hydrogens is 484 g/mol. The van der Waals surface area contributed by atoms with Gasteiger partial charge in [0.15, 0.2) is 17.9 Å². The Labute approximate surface area is 223 Å². The van der Waals surface area contributed by atoms with E-state index in [2.05, 4.69) is 33.2 Å². The number of benzene rings is 1. The van der Waals surface area contributed by atoms with Crippen LogP contribution in [0, 0.1) is 6.92 Å². The molecule has 2 N–H and O–H groups in total. The minimum atomic E-state index is -0.574. The first-order valence-electron chi connectivity index (χ1n) is 13.4. The molecule has 2 aromatic heterocycles. The van der Waals surface area contributed by atoms with Crippen LogP contribution in [0.25, 0.3) is 0 Å². The van der Waals surface area contributed by atoms with Gasteiger partial charge in [-0.1, -0.05) is 6.07 Å². The Morgan fingerprint density at radius 1 is 1.29 bits per heavy atom. The van der Waals surface area contributed by atoms with Crippen molar-refractivity contribution in [1.29, 1.82) is 0 Å². The van der Waals surface area contributed by atoms with E-state index in [-0.39, 0.29) is 12.2 Å². The minimum absolute atomic E-state index is 0.0443. The van der Waals surface area contributed by atoms with E-state index in [1.54, 1.807) is 12.4 Å². The zero-order chi connectivity index (χ0) is 26.3. The number of hydrogen-bond acceptors (Lipinski definition) is 9. The Bertz CT molecular complexity index is 1210. The largest absolute Gasteiger partial charge is 0.485 e. The highest BCUT2D eigenvalue weighted by molar-refractivity contribution is 5.95. The summed E-state index contributed by atoms with van der Waals surface area (Å²) in [5, 5.41) is 14.2. The predicted molar refractivity (Wildman–Crippen MR) is 142 cm³/mol. The molecule has 0 amide bonds. The molecule has 0 radical (unpaired) electrons. The van der Waals surface area contributed by atoms with Crippen LogP contribution in [0.4, 0.5) is 5.69 Å². The van der Waals surface area contributed by atoms with Crippen LogP contribution in [-0.2, 0) is 24.3 Å². The maximum Gasteiger partial charge on any atom is 0.181 e. The molecule has 1 atom stereocenters. The molecular formula is C29H36N4O5. The van der Waals surface area contributed by atoms with Crippen molar-refractivity contribution >= 4 is 11.5 Å². The van der Waals surface area contributed by atoms with Crippen molar-refractivity contribution < 1.29 is 23.8 Å². The Balaban J connectivity index is 1.09. The number of carbonyl (C=O) groups is 1. The highest BCUT2D eigenvalue weighted by atomic mass is 16.5. The summed E-state index contributed by atoms with van der Waals surface area (Å²) >= 11 is 0. The number of rotatable bonds is 11. The van der Waals surface area contributed by atoms with Crippen molar-refractivity contribution in [2.24, 2.45) is 0 Å². The van der Waals surface area contributed by atoms with E-state index < -0.39 is 6.10 Å². The molecule has 3 aromatic rings. The fourth-order valence-electron chi connectivity index (χ4n) is 5.22. The number of nitrogens with one attached hydrogen (secondary N) is 1. The molecule has 4 heterocycles. The van der Waals surface area contributed by atoms with Gasteiger partial charge in [-0.15, -0.1) is 0 Å². The summed E-state index contributed by atoms with van der Waals surface area (Å²) < 4.78 is 16.6. The van der Waals surface area contributed by atoms with E-state index in [1.807, 2.05) is 18.2 Å². The van der Waals surface area contributed by atoms with Crippen LogP contribution in [0.5, 0.6) is 5.75 Å². The quantitative estimate of drug-likeness (QED) is 0.363. The number of carbonyl (C=O) groups excluding carboxylic acids is 1. The third-order valence-electron chi connectivity index (χ3n) is 7.38. The number of β-amino-alcohol motifs (C(OH)–C–C–N with tert-alkyl or cyclic N) is 1. The van der Waals surface area contributed by atoms with Gasteiger partial charge < -0.3 is 24.3 Å². The number of oxazole rings is 1. The second-order valence-corrected chi connectivity index (χ2v) is 10.1. The van der Waals surface area contributed by atoms with Gasteiger partial charge in [0.1, 0.15) is 18.1 Å². The lowest BCUT2D eigenvalue weighted by molar-refractivity contribution is 0.0833. The highest BCUT2D eigenvalue weighted by Crippen LogP contribution is 2.30. The lowest BCUT2D eigenvalue weighted by Crippen LogP contribution is -2.37. The number of aromatic nitrogens is 2. The molecule has 1 aromatic carbocycles. The van der Waals surface area contributed by atoms with Crippen LogP contribution in [0.15, 0.2) is 47.5 Å². The second-order valence-electron chi connectivity index (χ2n) is 10.1. The maximum absolute atomic E-state index is 12.8. The Morgan fingerprint density at radius 3 is 2.97 bits per heavy atom. The van der Waals surface area contributed by atoms with Crippen LogP contribution in [0.2, 0.25) is 0 Å². The zero-order valence-electron chi connectivity index (χ0n) is 21.9. The van der Waals surface area contributed by atoms with Gasteiger partial charge in [0.05, 0.1) is 12.3 Å². The third-order valence-corrected chi connectivity index (χ3v) is 7.38. The van der Waals surface area contributed by atoms with Gasteiger partial charge in [0.25, 0.3) is 0 Å². The summed E-state index contributed by atoms with van der Waals surface area (Å²) in [4.78, 5) is 23.2. The Hall–Kier alpha value is -3.27. The monoisotopic (exact) mass is 520 g/mol. The van der Waals surface area contributed by atoms with E-state index in [0.29, 0.717) is 37.1 Å². The normalized spacial score (nSPS) is 17.1. The van der Waals surface area contributed by atoms with Crippen molar-refractivity contribution in [3.05, 3.63) is 71.2 Å². The summed E-state index contributed by atoms with van der Waals surface area (Å²) in [7, 11) is 0. The van der Waals surface area contributed by atoms with Crippen molar-refractivity contribution in [2.45, 2.75) is 64.3 Å². The summed E-state index contributed by atoms with van der Waals surface area (Å²) in [6, 6.07) is 8.17. The van der Waals surface area contributed by atoms with Crippen LogP contribution in [-0.4, -0.2) is 64.2 Å². The summed E-state index contributed by atoms with van der Waals surface area (Å²) in [5.74, 6) is 1.50. The topological polar surface area (TPSA) is 110 Å². The summed E-state index contributed by atoms with van der Waals surface area (Å²) in [6.07, 6.45) is 7.64. The van der Waals surface area contributed by atoms with Crippen LogP contribution in [0.1, 0.15) is 58.6 Å². The number of nitrogens with zero attached hydrogens (tertiary/aromatic N) is 3. The fourth-order valence-corrected chi connectivity index (χ4v) is 5.22. The first-order valence-corrected chi connectivity index (χ1v) is 13.4. The Morgan fingerprint density at radius 2 is 2.16 bits per heavy atom. The van der Waals surface area contributed by atoms with E-state index in [4.69, 9.17) is 13.9 Å². The summed E-state index contributed by atoms with van der Waals surface area (Å²) in [5.41, 5.74) is 5.06. The number of hydrogen-bond donors (Lipinski definition) is 2. The number of ketones is 1. The maximum atomic E-state index is 12.8. The smallest absolute Gasteiger partial charge is 0.181 e. The molecule has 38 heavy (non-hydrogen) atoms. The zero-order valence-corrected chi connectivity index (χ0v) is 21.9. The standard InChI is InChI=1S/C29H36N4O5/c1-20-26-7-11-33(16-21(26)2-5-29(20)37-18-25-15-30-19-38-25)17-24(34)3-4-28(35)27-14-23(6-10-31-27)32-22-8-12-36-13-9-22/h2,5-6,10,14-15,19,22,24,34H,3-4,7-9,11-13,16-18H2,1H3,(H,31,32)/t24-/m0/s1. The molecule has 0 bridgehead atoms. The van der Waals surface area contributed by atoms with Crippen LogP contribution < -0.4 is 10.1 Å².